The summed E-state index contributed by atoms with van der Waals surface area (Å²) in [6.45, 7) is 4.40. The first-order valence-electron chi connectivity index (χ1n) is 4.69. The lowest BCUT2D eigenvalue weighted by Crippen LogP contribution is -1.88. The molecule has 1 heteroatoms. The minimum absolute atomic E-state index is 1.21. The molecule has 0 atom stereocenters. The summed E-state index contributed by atoms with van der Waals surface area (Å²) in [5, 5.41) is 2.22. The van der Waals surface area contributed by atoms with E-state index in [1.54, 1.807) is 0 Å². The first-order valence-corrected chi connectivity index (χ1v) is 5.57. The van der Waals surface area contributed by atoms with Gasteiger partial charge in [-0.15, -0.1) is 11.3 Å². The standard InChI is InChI=1S/C12H14S/c1-9-7-12(13-8-9)11-6-4-3-5-10(11)2/h4,6-8H,3,5H2,1-2H3. The van der Waals surface area contributed by atoms with E-state index in [9.17, 15) is 0 Å². The Morgan fingerprint density at radius 2 is 2.15 bits per heavy atom. The third-order valence-corrected chi connectivity index (χ3v) is 3.51. The topological polar surface area (TPSA) is 0 Å². The molecule has 1 aromatic heterocycles. The lowest BCUT2D eigenvalue weighted by molar-refractivity contribution is 0.968. The highest BCUT2D eigenvalue weighted by Gasteiger charge is 2.07. The van der Waals surface area contributed by atoms with Gasteiger partial charge in [-0.3, -0.25) is 0 Å². The maximum atomic E-state index is 2.28. The molecule has 0 spiro atoms. The van der Waals surface area contributed by atoms with Gasteiger partial charge in [0.15, 0.2) is 0 Å². The zero-order valence-electron chi connectivity index (χ0n) is 8.13. The minimum Gasteiger partial charge on any atom is -0.144 e. The molecule has 1 aromatic rings. The Morgan fingerprint density at radius 3 is 2.77 bits per heavy atom. The van der Waals surface area contributed by atoms with Gasteiger partial charge >= 0.3 is 0 Å². The Hall–Kier alpha value is -0.820. The quantitative estimate of drug-likeness (QED) is 0.623. The van der Waals surface area contributed by atoms with Crippen LogP contribution in [0.25, 0.3) is 5.57 Å². The van der Waals surface area contributed by atoms with Crippen LogP contribution in [0.4, 0.5) is 0 Å². The summed E-state index contributed by atoms with van der Waals surface area (Å²) in [7, 11) is 0. The van der Waals surface area contributed by atoms with Crippen LogP contribution < -0.4 is 0 Å². The third kappa shape index (κ3) is 1.75. The van der Waals surface area contributed by atoms with Crippen LogP contribution in [0.2, 0.25) is 0 Å². The summed E-state index contributed by atoms with van der Waals surface area (Å²) in [6.07, 6.45) is 6.98. The highest BCUT2D eigenvalue weighted by atomic mass is 32.1. The molecule has 0 fully saturated rings. The molecular formula is C12H14S. The second kappa shape index (κ2) is 3.51. The van der Waals surface area contributed by atoms with Gasteiger partial charge in [0.25, 0.3) is 0 Å². The van der Waals surface area contributed by atoms with Crippen molar-refractivity contribution >= 4 is 16.9 Å². The van der Waals surface area contributed by atoms with Gasteiger partial charge in [0.1, 0.15) is 0 Å². The van der Waals surface area contributed by atoms with Crippen molar-refractivity contribution in [3.63, 3.8) is 0 Å². The second-order valence-electron chi connectivity index (χ2n) is 3.62. The summed E-state index contributed by atoms with van der Waals surface area (Å²) < 4.78 is 0. The maximum absolute atomic E-state index is 2.28. The highest BCUT2D eigenvalue weighted by molar-refractivity contribution is 7.11. The fourth-order valence-corrected chi connectivity index (χ4v) is 2.65. The Kier molecular flexibility index (Phi) is 2.36. The van der Waals surface area contributed by atoms with E-state index in [0.717, 1.165) is 0 Å². The largest absolute Gasteiger partial charge is 0.144 e. The van der Waals surface area contributed by atoms with Gasteiger partial charge in [-0.25, -0.2) is 0 Å². The van der Waals surface area contributed by atoms with Crippen LogP contribution in [0.3, 0.4) is 0 Å². The molecule has 0 amide bonds. The predicted molar refractivity (Wildman–Crippen MR) is 60.0 cm³/mol. The van der Waals surface area contributed by atoms with Gasteiger partial charge in [0.05, 0.1) is 0 Å². The molecule has 68 valence electrons. The third-order valence-electron chi connectivity index (χ3n) is 2.43. The molecule has 0 aromatic carbocycles. The zero-order valence-corrected chi connectivity index (χ0v) is 8.95. The Labute approximate surface area is 83.6 Å². The van der Waals surface area contributed by atoms with Crippen molar-refractivity contribution < 1.29 is 0 Å². The van der Waals surface area contributed by atoms with Crippen LogP contribution in [0.15, 0.2) is 29.2 Å². The second-order valence-corrected chi connectivity index (χ2v) is 4.53. The Balaban J connectivity index is 2.40. The molecule has 0 unspecified atom stereocenters. The molecular weight excluding hydrogens is 176 g/mol. The minimum atomic E-state index is 1.21. The molecule has 0 saturated carbocycles. The molecule has 0 N–H and O–H groups in total. The number of rotatable bonds is 1. The first-order chi connectivity index (χ1) is 6.27. The number of aryl methyl sites for hydroxylation is 1. The van der Waals surface area contributed by atoms with Gasteiger partial charge in [-0.2, -0.15) is 0 Å². The van der Waals surface area contributed by atoms with Crippen LogP contribution >= 0.6 is 11.3 Å². The lowest BCUT2D eigenvalue weighted by Gasteiger charge is -2.10. The molecule has 2 rings (SSSR count). The maximum Gasteiger partial charge on any atom is 0.0344 e. The van der Waals surface area contributed by atoms with Crippen LogP contribution in [0, 0.1) is 6.92 Å². The van der Waals surface area contributed by atoms with Gasteiger partial charge in [0.2, 0.25) is 0 Å². The molecule has 13 heavy (non-hydrogen) atoms. The van der Waals surface area contributed by atoms with E-state index in [4.69, 9.17) is 0 Å². The normalized spacial score (nSPS) is 16.8. The Morgan fingerprint density at radius 1 is 1.31 bits per heavy atom. The summed E-state index contributed by atoms with van der Waals surface area (Å²) in [5.74, 6) is 0. The number of allylic oxidation sites excluding steroid dienone is 4. The first kappa shape index (κ1) is 8.76. The molecule has 0 aliphatic heterocycles. The number of hydrogen-bond donors (Lipinski definition) is 0. The van der Waals surface area contributed by atoms with Crippen LogP contribution in [0.5, 0.6) is 0 Å². The van der Waals surface area contributed by atoms with E-state index in [2.05, 4.69) is 37.4 Å². The van der Waals surface area contributed by atoms with Gasteiger partial charge in [0, 0.05) is 4.88 Å². The predicted octanol–water partition coefficient (Wildman–Crippen LogP) is 4.18. The summed E-state index contributed by atoms with van der Waals surface area (Å²) >= 11 is 1.85. The van der Waals surface area contributed by atoms with Gasteiger partial charge in [-0.05, 0) is 49.3 Å². The van der Waals surface area contributed by atoms with Crippen molar-refractivity contribution in [1.82, 2.24) is 0 Å². The van der Waals surface area contributed by atoms with Crippen molar-refractivity contribution in [2.24, 2.45) is 0 Å². The fourth-order valence-electron chi connectivity index (χ4n) is 1.64. The van der Waals surface area contributed by atoms with E-state index in [1.807, 2.05) is 11.3 Å². The zero-order chi connectivity index (χ0) is 9.26. The van der Waals surface area contributed by atoms with Crippen LogP contribution in [0.1, 0.15) is 30.2 Å². The van der Waals surface area contributed by atoms with Crippen molar-refractivity contribution in [2.75, 3.05) is 0 Å². The van der Waals surface area contributed by atoms with Gasteiger partial charge < -0.3 is 0 Å². The van der Waals surface area contributed by atoms with E-state index in [1.165, 1.54) is 34.4 Å². The number of thiophene rings is 1. The van der Waals surface area contributed by atoms with Crippen molar-refractivity contribution in [3.05, 3.63) is 39.6 Å². The SMILES string of the molecule is CC1=C(c2cc(C)cs2)C=CCC1. The molecule has 0 saturated heterocycles. The van der Waals surface area contributed by atoms with Crippen LogP contribution in [-0.4, -0.2) is 0 Å². The molecule has 0 bridgehead atoms. The summed E-state index contributed by atoms with van der Waals surface area (Å²) in [6, 6.07) is 2.28. The van der Waals surface area contributed by atoms with E-state index in [-0.39, 0.29) is 0 Å². The summed E-state index contributed by atoms with van der Waals surface area (Å²) in [4.78, 5) is 1.42. The van der Waals surface area contributed by atoms with Crippen LogP contribution in [-0.2, 0) is 0 Å². The lowest BCUT2D eigenvalue weighted by atomic mass is 9.98. The van der Waals surface area contributed by atoms with E-state index >= 15 is 0 Å². The average molecular weight is 190 g/mol. The molecule has 0 nitrogen and oxygen atoms in total. The van der Waals surface area contributed by atoms with Crippen molar-refractivity contribution in [3.8, 4) is 0 Å². The summed E-state index contributed by atoms with van der Waals surface area (Å²) in [5.41, 5.74) is 4.35. The van der Waals surface area contributed by atoms with Gasteiger partial charge in [-0.1, -0.05) is 17.7 Å². The Bertz CT molecular complexity index is 366. The smallest absolute Gasteiger partial charge is 0.0344 e. The number of hydrogen-bond acceptors (Lipinski definition) is 1. The fraction of sp³-hybridized carbons (Fsp3) is 0.333. The average Bonchev–Trinajstić information content (AvgIpc) is 2.53. The monoisotopic (exact) mass is 190 g/mol. The van der Waals surface area contributed by atoms with E-state index < -0.39 is 0 Å². The van der Waals surface area contributed by atoms with Crippen molar-refractivity contribution in [2.45, 2.75) is 26.7 Å². The molecule has 1 heterocycles. The van der Waals surface area contributed by atoms with E-state index in [0.29, 0.717) is 0 Å². The molecule has 1 aliphatic carbocycles. The molecule has 1 aliphatic rings. The van der Waals surface area contributed by atoms with Crippen molar-refractivity contribution in [1.29, 1.82) is 0 Å². The molecule has 0 radical (unpaired) electrons. The highest BCUT2D eigenvalue weighted by Crippen LogP contribution is 2.30.